The number of nitrogens with one attached hydrogen (secondary N) is 1. The zero-order chi connectivity index (χ0) is 16.8. The lowest BCUT2D eigenvalue weighted by Crippen LogP contribution is -2.39. The highest BCUT2D eigenvalue weighted by atomic mass is 35.5. The maximum atomic E-state index is 12.4. The van der Waals surface area contributed by atoms with Crippen LogP contribution in [-0.2, 0) is 11.2 Å². The molecule has 136 valence electrons. The van der Waals surface area contributed by atoms with E-state index >= 15 is 0 Å². The minimum atomic E-state index is 0. The smallest absolute Gasteiger partial charge is 0.225 e. The van der Waals surface area contributed by atoms with Crippen molar-refractivity contribution in [2.45, 2.75) is 25.7 Å². The van der Waals surface area contributed by atoms with Gasteiger partial charge in [-0.25, -0.2) is 0 Å². The topological polar surface area (TPSA) is 58.4 Å². The van der Waals surface area contributed by atoms with Crippen LogP contribution in [0.5, 0.6) is 0 Å². The van der Waals surface area contributed by atoms with Crippen molar-refractivity contribution in [1.82, 2.24) is 15.4 Å². The summed E-state index contributed by atoms with van der Waals surface area (Å²) < 4.78 is 5.42. The number of amides is 1. The minimum Gasteiger partial charge on any atom is -0.361 e. The molecule has 1 aliphatic rings. The fourth-order valence-corrected chi connectivity index (χ4v) is 3.16. The summed E-state index contributed by atoms with van der Waals surface area (Å²) >= 11 is 0. The highest BCUT2D eigenvalue weighted by Crippen LogP contribution is 2.19. The second-order valence-electron chi connectivity index (χ2n) is 6.43. The summed E-state index contributed by atoms with van der Waals surface area (Å²) in [6.45, 7) is 2.65. The number of carbonyl (C=O) groups is 1. The van der Waals surface area contributed by atoms with Crippen LogP contribution >= 0.6 is 12.4 Å². The summed E-state index contributed by atoms with van der Waals surface area (Å²) in [6, 6.07) is 12.0. The third kappa shape index (κ3) is 5.31. The lowest BCUT2D eigenvalue weighted by molar-refractivity contribution is -0.135. The van der Waals surface area contributed by atoms with Gasteiger partial charge in [0.25, 0.3) is 0 Å². The second kappa shape index (κ2) is 9.59. The standard InChI is InChI=1S/C19H25N3O2.ClH/c1-22(19(23)16-9-11-20-12-10-16)13-5-8-17-14-18(21-24-17)15-6-3-2-4-7-15;/h2-4,6-7,14,16,20H,5,8-13H2,1H3;1H. The van der Waals surface area contributed by atoms with Gasteiger partial charge in [-0.2, -0.15) is 0 Å². The molecule has 0 radical (unpaired) electrons. The fraction of sp³-hybridized carbons (Fsp3) is 0.474. The van der Waals surface area contributed by atoms with Crippen LogP contribution in [0.25, 0.3) is 11.3 Å². The SMILES string of the molecule is CN(CCCc1cc(-c2ccccc2)no1)C(=O)C1CCNCC1.Cl. The number of nitrogens with zero attached hydrogens (tertiary/aromatic N) is 2. The Morgan fingerprint density at radius 1 is 1.28 bits per heavy atom. The Balaban J connectivity index is 0.00000225. The molecule has 3 rings (SSSR count). The van der Waals surface area contributed by atoms with E-state index in [0.717, 1.165) is 62.3 Å². The van der Waals surface area contributed by atoms with Crippen LogP contribution in [0.3, 0.4) is 0 Å². The van der Waals surface area contributed by atoms with E-state index in [0.29, 0.717) is 0 Å². The molecule has 0 unspecified atom stereocenters. The Morgan fingerprint density at radius 2 is 2.00 bits per heavy atom. The highest BCUT2D eigenvalue weighted by molar-refractivity contribution is 5.85. The summed E-state index contributed by atoms with van der Waals surface area (Å²) in [6.07, 6.45) is 3.58. The zero-order valence-corrected chi connectivity index (χ0v) is 15.4. The number of hydrogen-bond acceptors (Lipinski definition) is 4. The average molecular weight is 364 g/mol. The van der Waals surface area contributed by atoms with Gasteiger partial charge in [0, 0.05) is 37.6 Å². The van der Waals surface area contributed by atoms with Crippen molar-refractivity contribution in [1.29, 1.82) is 0 Å². The van der Waals surface area contributed by atoms with E-state index < -0.39 is 0 Å². The Kier molecular flexibility index (Phi) is 7.47. The lowest BCUT2D eigenvalue weighted by atomic mass is 9.96. The minimum absolute atomic E-state index is 0. The molecule has 25 heavy (non-hydrogen) atoms. The van der Waals surface area contributed by atoms with Crippen LogP contribution < -0.4 is 5.32 Å². The summed E-state index contributed by atoms with van der Waals surface area (Å²) in [7, 11) is 1.90. The Morgan fingerprint density at radius 3 is 2.72 bits per heavy atom. The molecule has 0 aliphatic carbocycles. The summed E-state index contributed by atoms with van der Waals surface area (Å²) in [5, 5.41) is 7.43. The highest BCUT2D eigenvalue weighted by Gasteiger charge is 2.23. The molecule has 1 N–H and O–H groups in total. The van der Waals surface area contributed by atoms with Gasteiger partial charge in [0.1, 0.15) is 11.5 Å². The summed E-state index contributed by atoms with van der Waals surface area (Å²) in [4.78, 5) is 14.3. The molecule has 6 heteroatoms. The molecule has 1 aromatic carbocycles. The summed E-state index contributed by atoms with van der Waals surface area (Å²) in [5.74, 6) is 1.34. The molecule has 1 saturated heterocycles. The zero-order valence-electron chi connectivity index (χ0n) is 14.6. The van der Waals surface area contributed by atoms with Gasteiger partial charge in [-0.1, -0.05) is 35.5 Å². The van der Waals surface area contributed by atoms with Crippen molar-refractivity contribution in [3.8, 4) is 11.3 Å². The summed E-state index contributed by atoms with van der Waals surface area (Å²) in [5.41, 5.74) is 1.93. The normalized spacial score (nSPS) is 14.8. The molecule has 0 spiro atoms. The van der Waals surface area contributed by atoms with Crippen molar-refractivity contribution in [3.05, 3.63) is 42.2 Å². The van der Waals surface area contributed by atoms with E-state index in [2.05, 4.69) is 10.5 Å². The van der Waals surface area contributed by atoms with Crippen molar-refractivity contribution in [2.24, 2.45) is 5.92 Å². The maximum absolute atomic E-state index is 12.4. The molecule has 0 saturated carbocycles. The van der Waals surface area contributed by atoms with Gasteiger partial charge in [-0.05, 0) is 32.4 Å². The van der Waals surface area contributed by atoms with E-state index in [1.54, 1.807) is 0 Å². The molecular formula is C19H26ClN3O2. The van der Waals surface area contributed by atoms with Crippen molar-refractivity contribution >= 4 is 18.3 Å². The van der Waals surface area contributed by atoms with Crippen LogP contribution in [0, 0.1) is 5.92 Å². The van der Waals surface area contributed by atoms with Crippen LogP contribution in [0.15, 0.2) is 40.9 Å². The van der Waals surface area contributed by atoms with Crippen LogP contribution in [0.4, 0.5) is 0 Å². The first-order chi connectivity index (χ1) is 11.7. The molecule has 2 heterocycles. The van der Waals surface area contributed by atoms with Gasteiger partial charge in [-0.3, -0.25) is 4.79 Å². The van der Waals surface area contributed by atoms with Crippen molar-refractivity contribution < 1.29 is 9.32 Å². The first-order valence-corrected chi connectivity index (χ1v) is 8.71. The predicted molar refractivity (Wildman–Crippen MR) is 101 cm³/mol. The van der Waals surface area contributed by atoms with E-state index in [9.17, 15) is 4.79 Å². The van der Waals surface area contributed by atoms with E-state index in [1.807, 2.05) is 48.3 Å². The number of aryl methyl sites for hydroxylation is 1. The van der Waals surface area contributed by atoms with Gasteiger partial charge in [0.05, 0.1) is 0 Å². The van der Waals surface area contributed by atoms with Gasteiger partial charge >= 0.3 is 0 Å². The third-order valence-electron chi connectivity index (χ3n) is 4.61. The monoisotopic (exact) mass is 363 g/mol. The first kappa shape index (κ1) is 19.5. The molecule has 1 fully saturated rings. The number of benzene rings is 1. The lowest BCUT2D eigenvalue weighted by Gasteiger charge is -2.26. The number of aromatic nitrogens is 1. The van der Waals surface area contributed by atoms with Gasteiger partial charge in [0.2, 0.25) is 5.91 Å². The quantitative estimate of drug-likeness (QED) is 0.856. The predicted octanol–water partition coefficient (Wildman–Crippen LogP) is 3.15. The van der Waals surface area contributed by atoms with Crippen LogP contribution in [0.1, 0.15) is 25.0 Å². The Hall–Kier alpha value is -1.85. The number of halogens is 1. The van der Waals surface area contributed by atoms with E-state index in [-0.39, 0.29) is 24.2 Å². The van der Waals surface area contributed by atoms with Gasteiger partial charge in [0.15, 0.2) is 0 Å². The van der Waals surface area contributed by atoms with Crippen LogP contribution in [-0.4, -0.2) is 42.6 Å². The number of piperidine rings is 1. The number of hydrogen-bond donors (Lipinski definition) is 1. The molecule has 1 aliphatic heterocycles. The van der Waals surface area contributed by atoms with E-state index in [4.69, 9.17) is 4.52 Å². The largest absolute Gasteiger partial charge is 0.361 e. The number of carbonyl (C=O) groups excluding carboxylic acids is 1. The number of rotatable bonds is 6. The first-order valence-electron chi connectivity index (χ1n) is 8.71. The molecular weight excluding hydrogens is 338 g/mol. The van der Waals surface area contributed by atoms with Gasteiger partial charge in [-0.15, -0.1) is 12.4 Å². The molecule has 0 bridgehead atoms. The maximum Gasteiger partial charge on any atom is 0.225 e. The molecule has 1 amide bonds. The average Bonchev–Trinajstić information content (AvgIpc) is 3.11. The second-order valence-corrected chi connectivity index (χ2v) is 6.43. The molecule has 5 nitrogen and oxygen atoms in total. The third-order valence-corrected chi connectivity index (χ3v) is 4.61. The molecule has 2 aromatic rings. The van der Waals surface area contributed by atoms with Crippen molar-refractivity contribution in [3.63, 3.8) is 0 Å². The van der Waals surface area contributed by atoms with Crippen LogP contribution in [0.2, 0.25) is 0 Å². The Labute approximate surface area is 155 Å². The van der Waals surface area contributed by atoms with Gasteiger partial charge < -0.3 is 14.7 Å². The fourth-order valence-electron chi connectivity index (χ4n) is 3.16. The van der Waals surface area contributed by atoms with Crippen molar-refractivity contribution in [2.75, 3.05) is 26.7 Å². The van der Waals surface area contributed by atoms with E-state index in [1.165, 1.54) is 0 Å². The molecule has 1 aromatic heterocycles. The molecule has 0 atom stereocenters. The Bertz CT molecular complexity index is 654.